The van der Waals surface area contributed by atoms with Gasteiger partial charge >= 0.3 is 0 Å². The highest BCUT2D eigenvalue weighted by Gasteiger charge is 2.31. The molecule has 0 radical (unpaired) electrons. The first-order valence-corrected chi connectivity index (χ1v) is 9.57. The summed E-state index contributed by atoms with van der Waals surface area (Å²) in [7, 11) is 1.53. The molecule has 0 unspecified atom stereocenters. The molecule has 4 N–H and O–H groups in total. The number of H-pyrrole nitrogens is 1. The van der Waals surface area contributed by atoms with Crippen LogP contribution in [-0.2, 0) is 11.4 Å². The number of benzene rings is 2. The number of fused-ring (bicyclic) bond motifs is 1. The van der Waals surface area contributed by atoms with Crippen molar-refractivity contribution in [2.75, 3.05) is 18.2 Å². The second-order valence-electron chi connectivity index (χ2n) is 6.84. The number of aromatic nitrogens is 2. The molecule has 2 aromatic carbocycles. The fraction of sp³-hybridized carbons (Fsp3) is 0.190. The number of carbonyl (C=O) groups excluding carboxylic acids is 1. The number of nitrogens with one attached hydrogen (secondary N) is 2. The molecule has 0 saturated carbocycles. The van der Waals surface area contributed by atoms with Gasteiger partial charge in [0.05, 0.1) is 12.7 Å². The van der Waals surface area contributed by atoms with Gasteiger partial charge in [-0.3, -0.25) is 14.6 Å². The topological polar surface area (TPSA) is 119 Å². The van der Waals surface area contributed by atoms with Crippen LogP contribution in [0.15, 0.2) is 47.3 Å². The third-order valence-electron chi connectivity index (χ3n) is 4.87. The van der Waals surface area contributed by atoms with Crippen LogP contribution in [0.25, 0.3) is 0 Å². The first-order valence-electron chi connectivity index (χ1n) is 9.19. The van der Waals surface area contributed by atoms with Gasteiger partial charge in [-0.05, 0) is 35.4 Å². The van der Waals surface area contributed by atoms with Crippen molar-refractivity contribution in [1.82, 2.24) is 9.97 Å². The number of carbonyl (C=O) groups is 1. The maximum Gasteiger partial charge on any atom is 0.258 e. The van der Waals surface area contributed by atoms with Gasteiger partial charge in [-0.2, -0.15) is 4.98 Å². The number of aromatic amines is 1. The molecule has 9 heteroatoms. The number of nitrogens with two attached hydrogens (primary N) is 1. The zero-order valence-corrected chi connectivity index (χ0v) is 16.8. The largest absolute Gasteiger partial charge is 0.493 e. The van der Waals surface area contributed by atoms with E-state index in [9.17, 15) is 9.59 Å². The summed E-state index contributed by atoms with van der Waals surface area (Å²) in [4.78, 5) is 31.2. The summed E-state index contributed by atoms with van der Waals surface area (Å²) in [5.74, 6) is 0.439. The third kappa shape index (κ3) is 3.95. The number of methoxy groups -OCH3 is 1. The van der Waals surface area contributed by atoms with Crippen LogP contribution >= 0.6 is 11.6 Å². The van der Waals surface area contributed by atoms with Crippen LogP contribution in [0.5, 0.6) is 11.5 Å². The first kappa shape index (κ1) is 19.8. The van der Waals surface area contributed by atoms with E-state index in [2.05, 4.69) is 15.3 Å². The molecular formula is C21H19ClN4O4. The number of nitrogens with zero attached hydrogens (tertiary/aromatic N) is 1. The molecule has 0 spiro atoms. The maximum absolute atomic E-state index is 12.5. The monoisotopic (exact) mass is 426 g/mol. The van der Waals surface area contributed by atoms with E-state index < -0.39 is 5.92 Å². The molecule has 0 fully saturated rings. The zero-order valence-electron chi connectivity index (χ0n) is 16.1. The summed E-state index contributed by atoms with van der Waals surface area (Å²) in [6.07, 6.45) is 0.107. The van der Waals surface area contributed by atoms with E-state index in [4.69, 9.17) is 26.8 Å². The van der Waals surface area contributed by atoms with Crippen molar-refractivity contribution in [3.63, 3.8) is 0 Å². The minimum atomic E-state index is -0.482. The first-order chi connectivity index (χ1) is 14.4. The number of ether oxygens (including phenoxy) is 2. The smallest absolute Gasteiger partial charge is 0.258 e. The summed E-state index contributed by atoms with van der Waals surface area (Å²) >= 11 is 5.91. The van der Waals surface area contributed by atoms with Crippen LogP contribution in [0.3, 0.4) is 0 Å². The highest BCUT2D eigenvalue weighted by Crippen LogP contribution is 2.38. The molecule has 1 amide bonds. The summed E-state index contributed by atoms with van der Waals surface area (Å²) in [5.41, 5.74) is 7.27. The van der Waals surface area contributed by atoms with Gasteiger partial charge in [-0.1, -0.05) is 29.8 Å². The number of amides is 1. The van der Waals surface area contributed by atoms with Gasteiger partial charge in [0.15, 0.2) is 11.5 Å². The lowest BCUT2D eigenvalue weighted by atomic mass is 9.86. The second-order valence-corrected chi connectivity index (χ2v) is 7.28. The molecule has 2 heterocycles. The van der Waals surface area contributed by atoms with Crippen molar-refractivity contribution in [3.8, 4) is 11.5 Å². The highest BCUT2D eigenvalue weighted by molar-refractivity contribution is 6.30. The van der Waals surface area contributed by atoms with Gasteiger partial charge in [-0.25, -0.2) is 0 Å². The Morgan fingerprint density at radius 3 is 2.67 bits per heavy atom. The molecular weight excluding hydrogens is 408 g/mol. The van der Waals surface area contributed by atoms with Crippen LogP contribution in [0.1, 0.15) is 29.0 Å². The van der Waals surface area contributed by atoms with Crippen molar-refractivity contribution < 1.29 is 14.3 Å². The fourth-order valence-corrected chi connectivity index (χ4v) is 3.56. The summed E-state index contributed by atoms with van der Waals surface area (Å²) < 4.78 is 11.4. The van der Waals surface area contributed by atoms with E-state index in [1.54, 1.807) is 24.3 Å². The zero-order chi connectivity index (χ0) is 21.3. The van der Waals surface area contributed by atoms with Crippen LogP contribution in [0.4, 0.5) is 11.8 Å². The lowest BCUT2D eigenvalue weighted by Crippen LogP contribution is -2.31. The molecule has 1 aliphatic heterocycles. The van der Waals surface area contributed by atoms with E-state index in [0.717, 1.165) is 11.1 Å². The SMILES string of the molecule is COc1cc([C@@H]2CC(=O)Nc3nc(N)[nH]c(=O)c32)ccc1OCc1ccc(Cl)cc1. The third-order valence-corrected chi connectivity index (χ3v) is 5.12. The van der Waals surface area contributed by atoms with Crippen molar-refractivity contribution >= 4 is 29.3 Å². The van der Waals surface area contributed by atoms with Gasteiger partial charge < -0.3 is 20.5 Å². The van der Waals surface area contributed by atoms with Crippen LogP contribution < -0.4 is 26.1 Å². The van der Waals surface area contributed by atoms with E-state index in [1.807, 2.05) is 18.2 Å². The predicted molar refractivity (Wildman–Crippen MR) is 113 cm³/mol. The highest BCUT2D eigenvalue weighted by atomic mass is 35.5. The molecule has 8 nitrogen and oxygen atoms in total. The molecule has 1 aromatic heterocycles. The Balaban J connectivity index is 1.64. The minimum absolute atomic E-state index is 0.0526. The van der Waals surface area contributed by atoms with Gasteiger partial charge in [0.25, 0.3) is 5.56 Å². The number of rotatable bonds is 5. The van der Waals surface area contributed by atoms with Crippen LogP contribution in [0.2, 0.25) is 5.02 Å². The maximum atomic E-state index is 12.5. The van der Waals surface area contributed by atoms with E-state index in [1.165, 1.54) is 7.11 Å². The van der Waals surface area contributed by atoms with Gasteiger partial charge in [0.2, 0.25) is 11.9 Å². The number of halogens is 1. The van der Waals surface area contributed by atoms with Gasteiger partial charge in [0.1, 0.15) is 12.4 Å². The Morgan fingerprint density at radius 1 is 1.17 bits per heavy atom. The average Bonchev–Trinajstić information content (AvgIpc) is 2.72. The Kier molecular flexibility index (Phi) is 5.33. The number of nitrogen functional groups attached to an aromatic ring is 1. The summed E-state index contributed by atoms with van der Waals surface area (Å²) in [5, 5.41) is 3.26. The molecule has 154 valence electrons. The van der Waals surface area contributed by atoms with Gasteiger partial charge in [0, 0.05) is 17.4 Å². The number of hydrogen-bond acceptors (Lipinski definition) is 6. The average molecular weight is 427 g/mol. The fourth-order valence-electron chi connectivity index (χ4n) is 3.44. The van der Waals surface area contributed by atoms with Crippen LogP contribution in [0, 0.1) is 0 Å². The molecule has 0 aliphatic carbocycles. The second kappa shape index (κ2) is 8.08. The Hall–Kier alpha value is -3.52. The number of hydrogen-bond donors (Lipinski definition) is 3. The van der Waals surface area contributed by atoms with Gasteiger partial charge in [-0.15, -0.1) is 0 Å². The van der Waals surface area contributed by atoms with Crippen molar-refractivity contribution in [3.05, 3.63) is 74.5 Å². The Labute approximate surface area is 177 Å². The lowest BCUT2D eigenvalue weighted by molar-refractivity contribution is -0.116. The normalized spacial score (nSPS) is 15.3. The molecule has 3 aromatic rings. The summed E-state index contributed by atoms with van der Waals surface area (Å²) in [6, 6.07) is 12.7. The van der Waals surface area contributed by atoms with Crippen LogP contribution in [-0.4, -0.2) is 23.0 Å². The Morgan fingerprint density at radius 2 is 1.93 bits per heavy atom. The summed E-state index contributed by atoms with van der Waals surface area (Å²) in [6.45, 7) is 0.338. The van der Waals surface area contributed by atoms with E-state index >= 15 is 0 Å². The van der Waals surface area contributed by atoms with Crippen molar-refractivity contribution in [1.29, 1.82) is 0 Å². The van der Waals surface area contributed by atoms with E-state index in [0.29, 0.717) is 28.7 Å². The molecule has 1 atom stereocenters. The number of anilines is 2. The van der Waals surface area contributed by atoms with Crippen molar-refractivity contribution in [2.45, 2.75) is 18.9 Å². The quantitative estimate of drug-likeness (QED) is 0.576. The molecule has 0 saturated heterocycles. The minimum Gasteiger partial charge on any atom is -0.493 e. The molecule has 30 heavy (non-hydrogen) atoms. The standard InChI is InChI=1S/C21H19ClN4O4/c1-29-16-8-12(4-7-15(16)30-10-11-2-5-13(22)6-3-11)14-9-17(27)24-19-18(14)20(28)26-21(23)25-19/h2-8,14H,9-10H2,1H3,(H4,23,24,25,26,27,28)/t14-/m0/s1. The molecule has 0 bridgehead atoms. The van der Waals surface area contributed by atoms with E-state index in [-0.39, 0.29) is 29.7 Å². The lowest BCUT2D eigenvalue weighted by Gasteiger charge is -2.25. The molecule has 1 aliphatic rings. The predicted octanol–water partition coefficient (Wildman–Crippen LogP) is 3.07. The Bertz CT molecular complexity index is 1160. The van der Waals surface area contributed by atoms with Crippen molar-refractivity contribution in [2.24, 2.45) is 0 Å². The molecule has 4 rings (SSSR count).